The summed E-state index contributed by atoms with van der Waals surface area (Å²) in [5, 5.41) is 3.54. The van der Waals surface area contributed by atoms with Gasteiger partial charge in [0.15, 0.2) is 0 Å². The third-order valence-corrected chi connectivity index (χ3v) is 4.01. The fourth-order valence-corrected chi connectivity index (χ4v) is 2.69. The summed E-state index contributed by atoms with van der Waals surface area (Å²) in [4.78, 5) is 12.3. The van der Waals surface area contributed by atoms with Crippen LogP contribution in [0.4, 0.5) is 5.69 Å². The van der Waals surface area contributed by atoms with Crippen molar-refractivity contribution in [1.82, 2.24) is 4.57 Å². The van der Waals surface area contributed by atoms with E-state index >= 15 is 0 Å². The molecule has 0 spiro atoms. The highest BCUT2D eigenvalue weighted by Crippen LogP contribution is 2.30. The Labute approximate surface area is 136 Å². The number of carbonyl (C=O) groups excluding carboxylic acids is 1. The van der Waals surface area contributed by atoms with E-state index in [1.807, 2.05) is 10.8 Å². The van der Waals surface area contributed by atoms with E-state index in [9.17, 15) is 4.79 Å². The second-order valence-corrected chi connectivity index (χ2v) is 5.99. The van der Waals surface area contributed by atoms with Crippen molar-refractivity contribution in [2.45, 2.75) is 19.9 Å². The van der Waals surface area contributed by atoms with Crippen molar-refractivity contribution in [3.05, 3.63) is 50.7 Å². The Hall–Kier alpha value is -0.970. The summed E-state index contributed by atoms with van der Waals surface area (Å²) in [7, 11) is 0. The summed E-state index contributed by atoms with van der Waals surface area (Å²) in [6.07, 6.45) is 2.83. The predicted molar refractivity (Wildman–Crippen MR) is 86.8 cm³/mol. The third kappa shape index (κ3) is 3.37. The topological polar surface area (TPSA) is 34.0 Å². The van der Waals surface area contributed by atoms with Gasteiger partial charge in [-0.15, -0.1) is 0 Å². The molecule has 0 atom stereocenters. The summed E-state index contributed by atoms with van der Waals surface area (Å²) >= 11 is 15.4. The maximum Gasteiger partial charge on any atom is 0.272 e. The number of carbonyl (C=O) groups is 1. The molecular weight excluding hydrogens is 363 g/mol. The smallest absolute Gasteiger partial charge is 0.272 e. The molecule has 0 aliphatic rings. The van der Waals surface area contributed by atoms with Crippen molar-refractivity contribution in [2.24, 2.45) is 0 Å². The number of aryl methyl sites for hydroxylation is 1. The minimum absolute atomic E-state index is 0.215. The predicted octanol–water partition coefficient (Wildman–Crippen LogP) is 5.22. The molecule has 0 saturated heterocycles. The summed E-state index contributed by atoms with van der Waals surface area (Å²) in [6.45, 7) is 2.83. The highest BCUT2D eigenvalue weighted by molar-refractivity contribution is 9.10. The van der Waals surface area contributed by atoms with Gasteiger partial charge in [0.05, 0.1) is 15.7 Å². The molecule has 1 aromatic carbocycles. The first-order valence-electron chi connectivity index (χ1n) is 6.14. The van der Waals surface area contributed by atoms with E-state index in [1.165, 1.54) is 0 Å². The van der Waals surface area contributed by atoms with Crippen LogP contribution in [0.2, 0.25) is 10.0 Å². The van der Waals surface area contributed by atoms with Crippen molar-refractivity contribution >= 4 is 50.7 Å². The van der Waals surface area contributed by atoms with Gasteiger partial charge in [0.2, 0.25) is 0 Å². The van der Waals surface area contributed by atoms with Gasteiger partial charge in [-0.1, -0.05) is 36.2 Å². The van der Waals surface area contributed by atoms with Crippen LogP contribution in [0, 0.1) is 0 Å². The van der Waals surface area contributed by atoms with Gasteiger partial charge in [-0.25, -0.2) is 0 Å². The van der Waals surface area contributed by atoms with Crippen LogP contribution < -0.4 is 5.32 Å². The van der Waals surface area contributed by atoms with Crippen LogP contribution >= 0.6 is 39.1 Å². The van der Waals surface area contributed by atoms with Gasteiger partial charge in [-0.05, 0) is 40.5 Å². The average Bonchev–Trinajstić information content (AvgIpc) is 2.76. The van der Waals surface area contributed by atoms with E-state index in [1.54, 1.807) is 24.3 Å². The Bertz CT molecular complexity index is 640. The molecule has 0 aliphatic heterocycles. The molecule has 1 amide bonds. The zero-order chi connectivity index (χ0) is 14.7. The normalized spacial score (nSPS) is 10.6. The van der Waals surface area contributed by atoms with E-state index in [-0.39, 0.29) is 5.91 Å². The fourth-order valence-electron chi connectivity index (χ4n) is 1.88. The van der Waals surface area contributed by atoms with Crippen LogP contribution in [0.5, 0.6) is 0 Å². The molecule has 0 radical (unpaired) electrons. The molecule has 0 bridgehead atoms. The molecule has 3 nitrogen and oxygen atoms in total. The molecule has 0 unspecified atom stereocenters. The number of nitrogens with zero attached hydrogens (tertiary/aromatic N) is 1. The molecule has 1 aromatic heterocycles. The minimum Gasteiger partial charge on any atom is -0.342 e. The Kier molecular flexibility index (Phi) is 5.13. The van der Waals surface area contributed by atoms with Crippen LogP contribution in [0.25, 0.3) is 0 Å². The van der Waals surface area contributed by atoms with Crippen LogP contribution in [-0.2, 0) is 6.54 Å². The maximum absolute atomic E-state index is 12.3. The first-order valence-corrected chi connectivity index (χ1v) is 7.69. The summed E-state index contributed by atoms with van der Waals surface area (Å²) < 4.78 is 2.77. The molecule has 106 valence electrons. The number of hydrogen-bond acceptors (Lipinski definition) is 1. The Morgan fingerprint density at radius 2 is 2.15 bits per heavy atom. The number of hydrogen-bond donors (Lipinski definition) is 1. The largest absolute Gasteiger partial charge is 0.342 e. The van der Waals surface area contributed by atoms with Crippen molar-refractivity contribution in [2.75, 3.05) is 5.32 Å². The lowest BCUT2D eigenvalue weighted by molar-refractivity contribution is 0.101. The van der Waals surface area contributed by atoms with Crippen LogP contribution in [0.1, 0.15) is 23.8 Å². The van der Waals surface area contributed by atoms with E-state index in [0.29, 0.717) is 21.4 Å². The lowest BCUT2D eigenvalue weighted by Gasteiger charge is -2.10. The van der Waals surface area contributed by atoms with E-state index in [0.717, 1.165) is 17.4 Å². The van der Waals surface area contributed by atoms with Crippen molar-refractivity contribution in [3.63, 3.8) is 0 Å². The molecule has 1 N–H and O–H groups in total. The van der Waals surface area contributed by atoms with Crippen LogP contribution in [-0.4, -0.2) is 10.5 Å². The zero-order valence-electron chi connectivity index (χ0n) is 10.8. The molecule has 0 saturated carbocycles. The van der Waals surface area contributed by atoms with Crippen LogP contribution in [0.3, 0.4) is 0 Å². The molecule has 0 aliphatic carbocycles. The Morgan fingerprint density at radius 1 is 1.40 bits per heavy atom. The number of aromatic nitrogens is 1. The van der Waals surface area contributed by atoms with E-state index in [4.69, 9.17) is 23.2 Å². The van der Waals surface area contributed by atoms with Crippen molar-refractivity contribution < 1.29 is 4.79 Å². The van der Waals surface area contributed by atoms with Gasteiger partial charge in [-0.3, -0.25) is 4.79 Å². The van der Waals surface area contributed by atoms with Gasteiger partial charge in [0.25, 0.3) is 5.91 Å². The number of rotatable bonds is 4. The summed E-state index contributed by atoms with van der Waals surface area (Å²) in [5.74, 6) is -0.215. The Morgan fingerprint density at radius 3 is 2.85 bits per heavy atom. The molecular formula is C14H13BrCl2N2O. The first kappa shape index (κ1) is 15.4. The number of benzene rings is 1. The average molecular weight is 376 g/mol. The fraction of sp³-hybridized carbons (Fsp3) is 0.214. The summed E-state index contributed by atoms with van der Waals surface area (Å²) in [6, 6.07) is 6.92. The molecule has 0 fully saturated rings. The third-order valence-electron chi connectivity index (χ3n) is 2.76. The molecule has 1 heterocycles. The lowest BCUT2D eigenvalue weighted by atomic mass is 10.3. The van der Waals surface area contributed by atoms with Crippen molar-refractivity contribution in [3.8, 4) is 0 Å². The second kappa shape index (κ2) is 6.66. The van der Waals surface area contributed by atoms with Gasteiger partial charge in [0.1, 0.15) is 5.69 Å². The molecule has 20 heavy (non-hydrogen) atoms. The van der Waals surface area contributed by atoms with Crippen molar-refractivity contribution in [1.29, 1.82) is 0 Å². The zero-order valence-corrected chi connectivity index (χ0v) is 13.9. The highest BCUT2D eigenvalue weighted by atomic mass is 79.9. The lowest BCUT2D eigenvalue weighted by Crippen LogP contribution is -2.17. The second-order valence-electron chi connectivity index (χ2n) is 4.29. The van der Waals surface area contributed by atoms with Crippen LogP contribution in [0.15, 0.2) is 34.9 Å². The quantitative estimate of drug-likeness (QED) is 0.780. The maximum atomic E-state index is 12.3. The van der Waals surface area contributed by atoms with E-state index < -0.39 is 0 Å². The standard InChI is InChI=1S/C14H13BrCl2N2O/c1-2-6-19-8-9(15)7-12(19)14(20)18-11-5-3-4-10(16)13(11)17/h3-5,7-8H,2,6H2,1H3,(H,18,20). The molecule has 2 rings (SSSR count). The SMILES string of the molecule is CCCn1cc(Br)cc1C(=O)Nc1cccc(Cl)c1Cl. The summed E-state index contributed by atoms with van der Waals surface area (Å²) in [5.41, 5.74) is 1.08. The Balaban J connectivity index is 2.26. The highest BCUT2D eigenvalue weighted by Gasteiger charge is 2.15. The van der Waals surface area contributed by atoms with Gasteiger partial charge in [0, 0.05) is 17.2 Å². The number of anilines is 1. The minimum atomic E-state index is -0.215. The van der Waals surface area contributed by atoms with Gasteiger partial charge >= 0.3 is 0 Å². The monoisotopic (exact) mass is 374 g/mol. The first-order chi connectivity index (χ1) is 9.52. The molecule has 6 heteroatoms. The number of nitrogens with one attached hydrogen (secondary N) is 1. The number of amides is 1. The van der Waals surface area contributed by atoms with Gasteiger partial charge in [-0.2, -0.15) is 0 Å². The molecule has 2 aromatic rings. The van der Waals surface area contributed by atoms with E-state index in [2.05, 4.69) is 28.2 Å². The number of halogens is 3. The van der Waals surface area contributed by atoms with Gasteiger partial charge < -0.3 is 9.88 Å².